The molecule has 282 valence electrons. The van der Waals surface area contributed by atoms with E-state index in [1.807, 2.05) is 65.6 Å². The van der Waals surface area contributed by atoms with Gasteiger partial charge in [0.25, 0.3) is 6.33 Å². The number of aromatic nitrogens is 4. The molecule has 3 heterocycles. The van der Waals surface area contributed by atoms with Crippen molar-refractivity contribution in [2.75, 3.05) is 0 Å². The van der Waals surface area contributed by atoms with Crippen LogP contribution in [0.2, 0.25) is 0 Å². The predicted octanol–water partition coefficient (Wildman–Crippen LogP) is 12.0. The predicted molar refractivity (Wildman–Crippen MR) is 228 cm³/mol. The molecule has 0 unspecified atom stereocenters. The molecule has 0 amide bonds. The molecular weight excluding hydrogens is 892 g/mol. The number of hydrogen-bond donors (Lipinski definition) is 0. The van der Waals surface area contributed by atoms with E-state index in [0.29, 0.717) is 11.5 Å². The van der Waals surface area contributed by atoms with Crippen molar-refractivity contribution in [1.29, 1.82) is 0 Å². The van der Waals surface area contributed by atoms with Gasteiger partial charge in [-0.15, -0.1) is 29.7 Å². The van der Waals surface area contributed by atoms with Crippen molar-refractivity contribution in [1.82, 2.24) is 14.1 Å². The topological polar surface area (TPSA) is 35.9 Å². The van der Waals surface area contributed by atoms with Crippen LogP contribution in [0.15, 0.2) is 188 Å². The Kier molecular flexibility index (Phi) is 10.1. The van der Waals surface area contributed by atoms with Crippen molar-refractivity contribution in [3.05, 3.63) is 212 Å². The second-order valence-electron chi connectivity index (χ2n) is 14.0. The number of para-hydroxylation sites is 1. The van der Waals surface area contributed by atoms with Crippen LogP contribution in [-0.4, -0.2) is 14.1 Å². The second-order valence-corrected chi connectivity index (χ2v) is 14.0. The first-order valence-electron chi connectivity index (χ1n) is 19.2. The molecule has 0 aliphatic rings. The first-order valence-corrected chi connectivity index (χ1v) is 19.2. The number of benzene rings is 7. The monoisotopic (exact) mass is 927 g/mol. The van der Waals surface area contributed by atoms with Crippen molar-refractivity contribution in [3.8, 4) is 62.1 Å². The molecule has 0 bridgehead atoms. The molecule has 3 aromatic heterocycles. The smallest absolute Gasteiger partial charge is 0.267 e. The maximum Gasteiger partial charge on any atom is 0.267 e. The number of fused-ring (bicyclic) bond motifs is 3. The summed E-state index contributed by atoms with van der Waals surface area (Å²) >= 11 is 0. The number of nitrogens with zero attached hydrogens (tertiary/aromatic N) is 4. The van der Waals surface area contributed by atoms with E-state index in [2.05, 4.69) is 162 Å². The van der Waals surface area contributed by atoms with E-state index in [-0.39, 0.29) is 21.1 Å². The summed E-state index contributed by atoms with van der Waals surface area (Å²) in [6, 6.07) is 65.9. The van der Waals surface area contributed by atoms with E-state index in [1.165, 1.54) is 11.1 Å². The zero-order chi connectivity index (χ0) is 38.1. The van der Waals surface area contributed by atoms with E-state index in [0.717, 1.165) is 73.2 Å². The Bertz CT molecular complexity index is 2970. The minimum absolute atomic E-state index is 0. The molecule has 0 radical (unpaired) electrons. The van der Waals surface area contributed by atoms with Gasteiger partial charge in [0.05, 0.1) is 5.69 Å². The third-order valence-corrected chi connectivity index (χ3v) is 10.5. The summed E-state index contributed by atoms with van der Waals surface area (Å²) in [4.78, 5) is 4.83. The molecule has 0 spiro atoms. The Morgan fingerprint density at radius 1 is 0.603 bits per heavy atom. The average molecular weight is 928 g/mol. The van der Waals surface area contributed by atoms with Gasteiger partial charge in [-0.2, -0.15) is 18.2 Å². The van der Waals surface area contributed by atoms with Crippen molar-refractivity contribution >= 4 is 21.8 Å². The van der Waals surface area contributed by atoms with E-state index < -0.39 is 0 Å². The van der Waals surface area contributed by atoms with Crippen LogP contribution < -0.4 is 9.30 Å². The fraction of sp³-hybridized carbons (Fsp3) is 0.0385. The van der Waals surface area contributed by atoms with Gasteiger partial charge in [0.2, 0.25) is 0 Å². The number of hydrogen-bond acceptors (Lipinski definition) is 2. The Hall–Kier alpha value is -6.81. The van der Waals surface area contributed by atoms with Crippen molar-refractivity contribution in [3.63, 3.8) is 0 Å². The van der Waals surface area contributed by atoms with Crippen LogP contribution in [0.1, 0.15) is 12.5 Å². The van der Waals surface area contributed by atoms with Crippen LogP contribution in [0, 0.1) is 18.5 Å². The maximum atomic E-state index is 6.54. The number of ether oxygens (including phenoxy) is 1. The summed E-state index contributed by atoms with van der Waals surface area (Å²) in [5.74, 6) is 2.02. The summed E-state index contributed by atoms with van der Waals surface area (Å²) in [6.07, 6.45) is 10.4. The van der Waals surface area contributed by atoms with Crippen LogP contribution in [0.5, 0.6) is 11.5 Å². The third kappa shape index (κ3) is 6.95. The van der Waals surface area contributed by atoms with E-state index in [1.54, 1.807) is 0 Å². The Morgan fingerprint density at radius 2 is 1.28 bits per heavy atom. The van der Waals surface area contributed by atoms with Gasteiger partial charge in [0.15, 0.2) is 0 Å². The first kappa shape index (κ1) is 36.8. The summed E-state index contributed by atoms with van der Waals surface area (Å²) in [5.41, 5.74) is 11.9. The van der Waals surface area contributed by atoms with Crippen LogP contribution in [0.25, 0.3) is 72.4 Å². The molecule has 58 heavy (non-hydrogen) atoms. The molecule has 6 heteroatoms. The zero-order valence-corrected chi connectivity index (χ0v) is 33.9. The van der Waals surface area contributed by atoms with Gasteiger partial charge in [-0.3, -0.25) is 4.57 Å². The number of imidazole rings is 1. The van der Waals surface area contributed by atoms with Crippen LogP contribution in [0.4, 0.5) is 0 Å². The molecular formula is C52H36N4OPt-2. The van der Waals surface area contributed by atoms with Crippen molar-refractivity contribution < 1.29 is 30.4 Å². The average Bonchev–Trinajstić information content (AvgIpc) is 3.90. The fourth-order valence-corrected chi connectivity index (χ4v) is 7.67. The maximum absolute atomic E-state index is 6.54. The van der Waals surface area contributed by atoms with Crippen LogP contribution >= 0.6 is 0 Å². The molecule has 0 fully saturated rings. The molecule has 0 saturated carbocycles. The molecule has 10 rings (SSSR count). The van der Waals surface area contributed by atoms with E-state index in [9.17, 15) is 0 Å². The molecule has 0 N–H and O–H groups in total. The van der Waals surface area contributed by atoms with Gasteiger partial charge >= 0.3 is 0 Å². The SMILES string of the molecule is CCc1ccnc(-n2c3[c-]c(Oc4[c-]c(-n5[c-][n+](-c6c(-c7ccccc7)cccc6-c6ccccc6)cc5)ccc4)ccc3c3cc(-c4ccccc4)ccc32)c1.[Pt]. The minimum Gasteiger partial charge on any atom is -0.510 e. The Morgan fingerprint density at radius 3 is 1.98 bits per heavy atom. The van der Waals surface area contributed by atoms with Gasteiger partial charge in [-0.05, 0) is 74.6 Å². The number of rotatable bonds is 9. The summed E-state index contributed by atoms with van der Waals surface area (Å²) in [7, 11) is 0. The van der Waals surface area contributed by atoms with E-state index in [4.69, 9.17) is 9.72 Å². The molecule has 0 aliphatic heterocycles. The van der Waals surface area contributed by atoms with Gasteiger partial charge in [-0.1, -0.05) is 134 Å². The van der Waals surface area contributed by atoms with Crippen molar-refractivity contribution in [2.45, 2.75) is 13.3 Å². The summed E-state index contributed by atoms with van der Waals surface area (Å²) in [5, 5.41) is 2.21. The Labute approximate surface area is 352 Å². The normalized spacial score (nSPS) is 11.1. The quantitative estimate of drug-likeness (QED) is 0.107. The Balaban J connectivity index is 0.00000436. The summed E-state index contributed by atoms with van der Waals surface area (Å²) < 4.78 is 12.7. The molecule has 0 saturated heterocycles. The number of pyridine rings is 1. The van der Waals surface area contributed by atoms with Gasteiger partial charge in [0.1, 0.15) is 5.82 Å². The molecule has 5 nitrogen and oxygen atoms in total. The largest absolute Gasteiger partial charge is 0.510 e. The molecule has 10 aromatic rings. The minimum atomic E-state index is 0. The van der Waals surface area contributed by atoms with Crippen LogP contribution in [0.3, 0.4) is 0 Å². The van der Waals surface area contributed by atoms with Gasteiger partial charge < -0.3 is 13.9 Å². The fourth-order valence-electron chi connectivity index (χ4n) is 7.67. The van der Waals surface area contributed by atoms with Crippen molar-refractivity contribution in [2.24, 2.45) is 0 Å². The standard InChI is InChI=1S/C52H36N4O.Pt/c1-2-37-28-29-53-51(32-37)56-49-27-24-41(38-14-6-3-7-15-38)33-48(49)47-26-25-44(35-50(47)56)57-43-21-12-20-42(34-43)54-30-31-55(36-54)52-45(39-16-8-4-9-17-39)22-13-23-46(52)40-18-10-5-11-19-40;/h3-33H,2H2,1H3;/q-2;. The molecule has 0 aliphatic carbocycles. The molecule has 0 atom stereocenters. The third-order valence-electron chi connectivity index (χ3n) is 10.5. The zero-order valence-electron chi connectivity index (χ0n) is 31.6. The molecule has 7 aromatic carbocycles. The van der Waals surface area contributed by atoms with Gasteiger partial charge in [-0.25, -0.2) is 4.98 Å². The summed E-state index contributed by atoms with van der Waals surface area (Å²) in [6.45, 7) is 2.16. The number of aryl methyl sites for hydroxylation is 1. The second kappa shape index (κ2) is 16.0. The van der Waals surface area contributed by atoms with Gasteiger partial charge in [0, 0.05) is 56.7 Å². The first-order chi connectivity index (χ1) is 28.2. The van der Waals surface area contributed by atoms with Crippen LogP contribution in [-0.2, 0) is 27.5 Å². The van der Waals surface area contributed by atoms with E-state index >= 15 is 0 Å².